The van der Waals surface area contributed by atoms with Crippen molar-refractivity contribution in [3.63, 3.8) is 0 Å². The summed E-state index contributed by atoms with van der Waals surface area (Å²) in [6.07, 6.45) is -1.12. The van der Waals surface area contributed by atoms with Gasteiger partial charge in [0.25, 0.3) is 29.5 Å². The summed E-state index contributed by atoms with van der Waals surface area (Å²) in [5.41, 5.74) is 61.6. The Labute approximate surface area is 396 Å². The molecule has 0 aliphatic heterocycles. The lowest BCUT2D eigenvalue weighted by Crippen LogP contribution is -2.36. The predicted molar refractivity (Wildman–Crippen MR) is 248 cm³/mol. The standard InChI is InChI=1S/C32H32N34O6/c33-4-2-5(34)46-28(45-4)49-15(70)10-8(13(68)50-29-59-20(37)55-21(38)60-29)7(3(67)1-6-47-18(35)54-19(36)48-6)9(14(69)51-30-61-22(39)56-23(40)62-30)11(16(71)52-31-63-24(41)57-25(42)64-31)12(10)17(72)53-32-65-26(43)58-27(44)66-32/h2H,1H2,(H4,35,36,47,48,54)(H5,33,34,45,46,49,70)(H5,37,38,50,55,59,60,68)(H5,39,40,51,56,61,62,69)(H5,41,42,52,57,63,64,71)(H5,43,44,53,58,65,66,72). The number of ketones is 1. The highest BCUT2D eigenvalue weighted by Crippen LogP contribution is 2.34. The highest BCUT2D eigenvalue weighted by molar-refractivity contribution is 6.32. The first-order valence-electron chi connectivity index (χ1n) is 19.1. The molecule has 0 bridgehead atoms. The quantitative estimate of drug-likeness (QED) is 0.0478. The molecule has 7 aromatic rings. The minimum Gasteiger partial charge on any atom is -0.383 e. The van der Waals surface area contributed by atoms with Crippen molar-refractivity contribution in [2.45, 2.75) is 6.42 Å². The Morgan fingerprint density at radius 2 is 0.500 bits per heavy atom. The second-order valence-electron chi connectivity index (χ2n) is 13.6. The van der Waals surface area contributed by atoms with Crippen molar-refractivity contribution in [3.8, 4) is 0 Å². The first-order valence-corrected chi connectivity index (χ1v) is 19.1. The monoisotopic (exact) mass is 988 g/mol. The number of nitrogen functional groups attached to an aromatic ring is 12. The molecular formula is C32H32N34O6. The number of carbonyl (C=O) groups is 6. The van der Waals surface area contributed by atoms with E-state index in [2.05, 4.69) is 111 Å². The molecule has 40 heteroatoms. The summed E-state index contributed by atoms with van der Waals surface area (Å²) in [5, 5.41) is 10.8. The molecule has 6 heterocycles. The van der Waals surface area contributed by atoms with Crippen LogP contribution in [-0.4, -0.2) is 120 Å². The normalized spacial score (nSPS) is 10.7. The van der Waals surface area contributed by atoms with Crippen LogP contribution in [0.3, 0.4) is 0 Å². The second-order valence-corrected chi connectivity index (χ2v) is 13.6. The van der Waals surface area contributed by atoms with E-state index in [1.54, 1.807) is 0 Å². The van der Waals surface area contributed by atoms with E-state index >= 15 is 28.8 Å². The Morgan fingerprint density at radius 1 is 0.292 bits per heavy atom. The van der Waals surface area contributed by atoms with Gasteiger partial charge in [-0.2, -0.15) is 84.7 Å². The molecule has 29 N–H and O–H groups in total. The molecule has 6 aromatic heterocycles. The van der Waals surface area contributed by atoms with E-state index in [0.29, 0.717) is 0 Å². The number of aromatic nitrogens is 17. The Balaban J connectivity index is 1.68. The summed E-state index contributed by atoms with van der Waals surface area (Å²) in [6.45, 7) is 0. The fourth-order valence-electron chi connectivity index (χ4n) is 6.15. The molecule has 0 atom stereocenters. The van der Waals surface area contributed by atoms with Gasteiger partial charge in [0.1, 0.15) is 17.5 Å². The number of nitrogens with one attached hydrogen (secondary N) is 5. The third-order valence-corrected chi connectivity index (χ3v) is 8.52. The summed E-state index contributed by atoms with van der Waals surface area (Å²) < 4.78 is 0. The Kier molecular flexibility index (Phi) is 12.7. The van der Waals surface area contributed by atoms with Gasteiger partial charge in [0.15, 0.2) is 5.78 Å². The van der Waals surface area contributed by atoms with E-state index < -0.39 is 170 Å². The zero-order chi connectivity index (χ0) is 52.3. The van der Waals surface area contributed by atoms with Gasteiger partial charge in [0.05, 0.1) is 34.2 Å². The van der Waals surface area contributed by atoms with E-state index in [1.165, 1.54) is 0 Å². The first kappa shape index (κ1) is 47.9. The molecule has 72 heavy (non-hydrogen) atoms. The summed E-state index contributed by atoms with van der Waals surface area (Å²) >= 11 is 0. The van der Waals surface area contributed by atoms with Crippen molar-refractivity contribution in [1.82, 2.24) is 84.7 Å². The third-order valence-electron chi connectivity index (χ3n) is 8.52. The van der Waals surface area contributed by atoms with Crippen LogP contribution in [0.15, 0.2) is 6.07 Å². The van der Waals surface area contributed by atoms with Crippen LogP contribution in [0.25, 0.3) is 0 Å². The summed E-state index contributed by atoms with van der Waals surface area (Å²) in [7, 11) is 0. The molecule has 0 saturated heterocycles. The van der Waals surface area contributed by atoms with Gasteiger partial charge in [-0.25, -0.2) is 0 Å². The zero-order valence-electron chi connectivity index (χ0n) is 35.8. The Bertz CT molecular complexity index is 2720. The number of nitrogens with two attached hydrogens (primary N) is 12. The van der Waals surface area contributed by atoms with Gasteiger partial charge >= 0.3 is 0 Å². The van der Waals surface area contributed by atoms with Gasteiger partial charge < -0.3 is 68.8 Å². The van der Waals surface area contributed by atoms with Crippen molar-refractivity contribution in [2.24, 2.45) is 0 Å². The lowest BCUT2D eigenvalue weighted by molar-refractivity contribution is 0.0940. The van der Waals surface area contributed by atoms with Crippen LogP contribution in [0, 0.1) is 0 Å². The molecule has 40 nitrogen and oxygen atoms in total. The number of anilines is 17. The number of rotatable bonds is 13. The van der Waals surface area contributed by atoms with E-state index in [-0.39, 0.29) is 11.6 Å². The Hall–Kier alpha value is -12.0. The summed E-state index contributed by atoms with van der Waals surface area (Å²) in [6, 6.07) is 1.08. The number of hydrogen-bond acceptors (Lipinski definition) is 35. The van der Waals surface area contributed by atoms with E-state index in [4.69, 9.17) is 68.8 Å². The lowest BCUT2D eigenvalue weighted by atomic mass is 9.82. The number of carbonyl (C=O) groups excluding carboxylic acids is 6. The second kappa shape index (κ2) is 19.1. The van der Waals surface area contributed by atoms with Crippen LogP contribution < -0.4 is 95.4 Å². The zero-order valence-corrected chi connectivity index (χ0v) is 35.8. The van der Waals surface area contributed by atoms with Gasteiger partial charge in [-0.15, -0.1) is 0 Å². The van der Waals surface area contributed by atoms with Gasteiger partial charge in [-0.1, -0.05) is 0 Å². The third kappa shape index (κ3) is 10.8. The summed E-state index contributed by atoms with van der Waals surface area (Å²) in [5.74, 6) is -20.5. The average molecular weight is 989 g/mol. The SMILES string of the molecule is Nc1cc(N)nc(NC(=O)c2c(C(=O)Nc3nc(N)nc(N)n3)c(C(=O)Cc3nc(N)nc(N)n3)c(C(=O)Nc3nc(N)nc(N)n3)c(C(=O)Nc3nc(N)nc(N)n3)c2C(=O)Nc2nc(N)nc(N)n2)n1. The molecule has 0 spiro atoms. The number of hydrogen-bond donors (Lipinski definition) is 17. The van der Waals surface area contributed by atoms with Crippen LogP contribution in [-0.2, 0) is 6.42 Å². The maximum Gasteiger partial charge on any atom is 0.259 e. The van der Waals surface area contributed by atoms with Gasteiger partial charge in [-0.3, -0.25) is 55.4 Å². The molecular weight excluding hydrogens is 957 g/mol. The van der Waals surface area contributed by atoms with Crippen LogP contribution >= 0.6 is 0 Å². The van der Waals surface area contributed by atoms with Gasteiger partial charge in [-0.05, 0) is 0 Å². The van der Waals surface area contributed by atoms with E-state index in [1.807, 2.05) is 0 Å². The smallest absolute Gasteiger partial charge is 0.259 e. The molecule has 0 saturated carbocycles. The molecule has 0 aliphatic carbocycles. The number of Topliss-reactive ketones (excluding diaryl/α,β-unsaturated/α-hetero) is 1. The summed E-state index contributed by atoms with van der Waals surface area (Å²) in [4.78, 5) is 155. The van der Waals surface area contributed by atoms with E-state index in [0.717, 1.165) is 6.07 Å². The molecule has 5 amide bonds. The minimum atomic E-state index is -1.68. The lowest BCUT2D eigenvalue weighted by Gasteiger charge is -2.24. The fraction of sp³-hybridized carbons (Fsp3) is 0.0312. The van der Waals surface area contributed by atoms with Crippen LogP contribution in [0.5, 0.6) is 0 Å². The maximum atomic E-state index is 15.3. The highest BCUT2D eigenvalue weighted by Gasteiger charge is 2.42. The fourth-order valence-corrected chi connectivity index (χ4v) is 6.15. The predicted octanol–water partition coefficient (Wildman–Crippen LogP) is -5.93. The minimum absolute atomic E-state index is 0.335. The van der Waals surface area contributed by atoms with Crippen molar-refractivity contribution in [1.29, 1.82) is 0 Å². The largest absolute Gasteiger partial charge is 0.383 e. The molecule has 1 aromatic carbocycles. The molecule has 0 aliphatic rings. The van der Waals surface area contributed by atoms with Crippen LogP contribution in [0.4, 0.5) is 101 Å². The van der Waals surface area contributed by atoms with Crippen LogP contribution in [0.1, 0.15) is 68.0 Å². The van der Waals surface area contributed by atoms with Crippen molar-refractivity contribution in [2.75, 3.05) is 95.4 Å². The van der Waals surface area contributed by atoms with Gasteiger partial charge in [0.2, 0.25) is 89.2 Å². The van der Waals surface area contributed by atoms with E-state index in [9.17, 15) is 0 Å². The molecule has 7 rings (SSSR count). The molecule has 0 unspecified atom stereocenters. The van der Waals surface area contributed by atoms with Gasteiger partial charge in [0, 0.05) is 11.6 Å². The Morgan fingerprint density at radius 3 is 0.750 bits per heavy atom. The average Bonchev–Trinajstić information content (AvgIpc) is 3.23. The maximum absolute atomic E-state index is 15.3. The number of amides is 5. The van der Waals surface area contributed by atoms with Crippen molar-refractivity contribution in [3.05, 3.63) is 45.3 Å². The number of benzene rings is 1. The molecule has 0 fully saturated rings. The van der Waals surface area contributed by atoms with Crippen molar-refractivity contribution >= 4 is 136 Å². The van der Waals surface area contributed by atoms with Crippen molar-refractivity contribution < 1.29 is 28.8 Å². The first-order chi connectivity index (χ1) is 34.0. The number of nitrogens with zero attached hydrogens (tertiary/aromatic N) is 17. The molecule has 366 valence electrons. The molecule has 0 radical (unpaired) electrons. The topological polar surface area (TPSA) is 694 Å². The highest BCUT2D eigenvalue weighted by atomic mass is 16.2. The van der Waals surface area contributed by atoms with Crippen LogP contribution in [0.2, 0.25) is 0 Å².